The average Bonchev–Trinajstić information content (AvgIpc) is 3.98. The molecule has 1 heterocycles. The van der Waals surface area contributed by atoms with E-state index in [-0.39, 0.29) is 46.3 Å². The number of rotatable bonds is 13. The fourth-order valence-electron chi connectivity index (χ4n) is 5.99. The van der Waals surface area contributed by atoms with Crippen LogP contribution in [0.4, 0.5) is 23.2 Å². The maximum absolute atomic E-state index is 15.4. The van der Waals surface area contributed by atoms with Crippen molar-refractivity contribution in [1.82, 2.24) is 9.29 Å². The summed E-state index contributed by atoms with van der Waals surface area (Å²) in [5.41, 5.74) is 1.98. The first-order valence-electron chi connectivity index (χ1n) is 18.1. The highest BCUT2D eigenvalue weighted by molar-refractivity contribution is 9.10. The molecule has 0 N–H and O–H groups in total. The Bertz CT molecular complexity index is 2280. The topological polar surface area (TPSA) is 106 Å². The summed E-state index contributed by atoms with van der Waals surface area (Å²) in [6, 6.07) is 13.2. The van der Waals surface area contributed by atoms with E-state index in [0.717, 1.165) is 24.0 Å². The molecule has 16 heteroatoms. The number of hydrogen-bond acceptors (Lipinski definition) is 7. The minimum absolute atomic E-state index is 0.0605. The van der Waals surface area contributed by atoms with Crippen molar-refractivity contribution in [2.75, 3.05) is 18.1 Å². The van der Waals surface area contributed by atoms with Gasteiger partial charge < -0.3 is 14.4 Å². The molecule has 0 spiro atoms. The third-order valence-corrected chi connectivity index (χ3v) is 12.2. The van der Waals surface area contributed by atoms with Crippen LogP contribution in [0.25, 0.3) is 0 Å². The molecule has 306 valence electrons. The van der Waals surface area contributed by atoms with E-state index >= 15 is 4.39 Å². The van der Waals surface area contributed by atoms with Crippen LogP contribution in [0.3, 0.4) is 0 Å². The van der Waals surface area contributed by atoms with Crippen LogP contribution >= 0.6 is 27.5 Å². The molecule has 1 aromatic heterocycles. The molecule has 3 aromatic carbocycles. The second-order valence-electron chi connectivity index (χ2n) is 15.7. The summed E-state index contributed by atoms with van der Waals surface area (Å²) in [5, 5.41) is -0.166. The maximum atomic E-state index is 15.4. The van der Waals surface area contributed by atoms with Crippen molar-refractivity contribution in [2.24, 2.45) is 0 Å². The zero-order valence-electron chi connectivity index (χ0n) is 32.5. The molecule has 0 saturated heterocycles. The third kappa shape index (κ3) is 10.2. The monoisotopic (exact) mass is 895 g/mol. The minimum Gasteiger partial charge on any atom is -0.492 e. The van der Waals surface area contributed by atoms with Gasteiger partial charge in [-0.15, -0.1) is 0 Å². The van der Waals surface area contributed by atoms with E-state index in [4.69, 9.17) is 21.1 Å². The number of benzene rings is 3. The van der Waals surface area contributed by atoms with Gasteiger partial charge in [-0.1, -0.05) is 56.6 Å². The standard InChI is InChI=1S/C41H43BrClF4N3O6S/c1-8-55-30-19-25(39(52)56-41(5,6)7)13-14-29(30)50(20-23-16-27(24-11-12-24)18-28(17-23)40(2,3)4)31(51)22-49(21-26-10-9-15-48-38(26)43)57(53,54)37-32(42)33(44)34(45)35(46)36(37)47/h9-10,13-19,24H,8,11-12,20-22H2,1-7H3. The smallest absolute Gasteiger partial charge is 0.338 e. The van der Waals surface area contributed by atoms with E-state index in [1.54, 1.807) is 27.7 Å². The van der Waals surface area contributed by atoms with Crippen LogP contribution in [-0.2, 0) is 38.1 Å². The van der Waals surface area contributed by atoms with Crippen molar-refractivity contribution >= 4 is 55.1 Å². The molecule has 0 unspecified atom stereocenters. The maximum Gasteiger partial charge on any atom is 0.338 e. The molecule has 1 fully saturated rings. The van der Waals surface area contributed by atoms with Gasteiger partial charge in [0.2, 0.25) is 15.9 Å². The first kappa shape index (κ1) is 44.1. The van der Waals surface area contributed by atoms with E-state index in [1.807, 2.05) is 12.1 Å². The largest absolute Gasteiger partial charge is 0.492 e. The van der Waals surface area contributed by atoms with Crippen molar-refractivity contribution in [2.45, 2.75) is 96.2 Å². The number of carbonyl (C=O) groups excluding carboxylic acids is 2. The van der Waals surface area contributed by atoms with Crippen LogP contribution in [0.5, 0.6) is 5.75 Å². The fraction of sp³-hybridized carbons (Fsp3) is 0.390. The van der Waals surface area contributed by atoms with Gasteiger partial charge in [0.05, 0.1) is 35.4 Å². The number of sulfonamides is 1. The van der Waals surface area contributed by atoms with Crippen LogP contribution in [-0.4, -0.2) is 48.3 Å². The molecule has 4 aromatic rings. The van der Waals surface area contributed by atoms with Gasteiger partial charge in [0, 0.05) is 18.3 Å². The molecule has 0 bridgehead atoms. The number of hydrogen-bond donors (Lipinski definition) is 0. The van der Waals surface area contributed by atoms with E-state index in [0.29, 0.717) is 15.8 Å². The lowest BCUT2D eigenvalue weighted by Crippen LogP contribution is -2.43. The first-order chi connectivity index (χ1) is 26.5. The van der Waals surface area contributed by atoms with Crippen molar-refractivity contribution in [1.29, 1.82) is 0 Å². The molecule has 0 aliphatic heterocycles. The number of pyridine rings is 1. The van der Waals surface area contributed by atoms with Gasteiger partial charge in [0.25, 0.3) is 0 Å². The average molecular weight is 897 g/mol. The Morgan fingerprint density at radius 3 is 2.19 bits per heavy atom. The van der Waals surface area contributed by atoms with Crippen LogP contribution in [0.1, 0.15) is 99.8 Å². The Hall–Kier alpha value is -4.05. The molecular weight excluding hydrogens is 854 g/mol. The summed E-state index contributed by atoms with van der Waals surface area (Å²) in [6.45, 7) is 11.2. The predicted octanol–water partition coefficient (Wildman–Crippen LogP) is 10.0. The zero-order chi connectivity index (χ0) is 42.2. The van der Waals surface area contributed by atoms with Gasteiger partial charge in [-0.3, -0.25) is 4.79 Å². The lowest BCUT2D eigenvalue weighted by Gasteiger charge is -2.30. The summed E-state index contributed by atoms with van der Waals surface area (Å²) in [4.78, 5) is 31.6. The van der Waals surface area contributed by atoms with Crippen molar-refractivity contribution in [3.05, 3.63) is 115 Å². The number of aromatic nitrogens is 1. The highest BCUT2D eigenvalue weighted by Crippen LogP contribution is 2.43. The molecular formula is C41H43BrClF4N3O6S. The van der Waals surface area contributed by atoms with Gasteiger partial charge in [-0.25, -0.2) is 35.8 Å². The summed E-state index contributed by atoms with van der Waals surface area (Å²) in [5.74, 6) is -9.91. The normalized spacial score (nSPS) is 13.5. The summed E-state index contributed by atoms with van der Waals surface area (Å²) >= 11 is 8.89. The molecule has 0 radical (unpaired) electrons. The first-order valence-corrected chi connectivity index (χ1v) is 20.7. The van der Waals surface area contributed by atoms with Gasteiger partial charge in [0.1, 0.15) is 21.4 Å². The Kier molecular flexibility index (Phi) is 13.2. The number of halogens is 6. The molecule has 0 atom stereocenters. The number of carbonyl (C=O) groups is 2. The third-order valence-electron chi connectivity index (χ3n) is 9.02. The van der Waals surface area contributed by atoms with E-state index < -0.39 is 73.2 Å². The Balaban J connectivity index is 1.69. The SMILES string of the molecule is CCOc1cc(C(=O)OC(C)(C)C)ccc1N(Cc1cc(C2CC2)cc(C(C)(C)C)c1)C(=O)CN(Cc1cccnc1Cl)S(=O)(=O)c1c(F)c(F)c(F)c(F)c1Br. The van der Waals surface area contributed by atoms with Crippen LogP contribution in [0.15, 0.2) is 64.1 Å². The fourth-order valence-corrected chi connectivity index (χ4v) is 8.61. The summed E-state index contributed by atoms with van der Waals surface area (Å²) in [7, 11) is -5.38. The van der Waals surface area contributed by atoms with E-state index in [2.05, 4.69) is 47.8 Å². The molecule has 9 nitrogen and oxygen atoms in total. The zero-order valence-corrected chi connectivity index (χ0v) is 35.6. The second kappa shape index (κ2) is 17.0. The number of amides is 1. The number of esters is 1. The molecule has 1 aliphatic carbocycles. The number of ether oxygens (including phenoxy) is 2. The van der Waals surface area contributed by atoms with Crippen LogP contribution < -0.4 is 9.64 Å². The Morgan fingerprint density at radius 1 is 0.930 bits per heavy atom. The van der Waals surface area contributed by atoms with Gasteiger partial charge in [0.15, 0.2) is 23.3 Å². The Morgan fingerprint density at radius 2 is 1.60 bits per heavy atom. The second-order valence-corrected chi connectivity index (χ2v) is 18.7. The molecule has 5 rings (SSSR count). The number of nitrogens with zero attached hydrogens (tertiary/aromatic N) is 3. The highest BCUT2D eigenvalue weighted by atomic mass is 79.9. The molecule has 1 aliphatic rings. The van der Waals surface area contributed by atoms with Gasteiger partial charge >= 0.3 is 5.97 Å². The highest BCUT2D eigenvalue weighted by Gasteiger charge is 2.38. The van der Waals surface area contributed by atoms with E-state index in [1.165, 1.54) is 41.4 Å². The van der Waals surface area contributed by atoms with E-state index in [9.17, 15) is 31.2 Å². The van der Waals surface area contributed by atoms with Crippen LogP contribution in [0, 0.1) is 23.3 Å². The molecule has 1 saturated carbocycles. The summed E-state index contributed by atoms with van der Waals surface area (Å²) < 4.78 is 98.5. The van der Waals surface area contributed by atoms with Gasteiger partial charge in [-0.2, -0.15) is 4.31 Å². The van der Waals surface area contributed by atoms with Crippen LogP contribution in [0.2, 0.25) is 5.15 Å². The quantitative estimate of drug-likeness (QED) is 0.0433. The van der Waals surface area contributed by atoms with Crippen molar-refractivity contribution in [3.63, 3.8) is 0 Å². The minimum atomic E-state index is -5.38. The summed E-state index contributed by atoms with van der Waals surface area (Å²) in [6.07, 6.45) is 3.32. The Labute approximate surface area is 343 Å². The number of anilines is 1. The van der Waals surface area contributed by atoms with Gasteiger partial charge in [-0.05, 0) is 109 Å². The lowest BCUT2D eigenvalue weighted by molar-refractivity contribution is -0.119. The predicted molar refractivity (Wildman–Crippen MR) is 212 cm³/mol. The molecule has 1 amide bonds. The van der Waals surface area contributed by atoms with Crippen molar-refractivity contribution in [3.8, 4) is 5.75 Å². The van der Waals surface area contributed by atoms with Crippen molar-refractivity contribution < 1.29 is 45.0 Å². The molecule has 57 heavy (non-hydrogen) atoms. The lowest BCUT2D eigenvalue weighted by atomic mass is 9.84.